The van der Waals surface area contributed by atoms with Crippen molar-refractivity contribution in [2.75, 3.05) is 11.4 Å². The molecule has 0 heterocycles. The fraction of sp³-hybridized carbons (Fsp3) is 0.182. The molecule has 4 heteroatoms. The van der Waals surface area contributed by atoms with Gasteiger partial charge in [0.15, 0.2) is 0 Å². The molecule has 3 nitrogen and oxygen atoms in total. The Morgan fingerprint density at radius 1 is 1.60 bits per heavy atom. The van der Waals surface area contributed by atoms with Crippen LogP contribution >= 0.6 is 0 Å². The Hall–Kier alpha value is -1.84. The van der Waals surface area contributed by atoms with Crippen molar-refractivity contribution in [3.63, 3.8) is 0 Å². The maximum atomic E-state index is 12.9. The van der Waals surface area contributed by atoms with Crippen molar-refractivity contribution in [1.29, 1.82) is 0 Å². The zero-order valence-electron chi connectivity index (χ0n) is 8.35. The average Bonchev–Trinajstić information content (AvgIpc) is 2.18. The molecule has 0 bridgehead atoms. The van der Waals surface area contributed by atoms with Crippen molar-refractivity contribution < 1.29 is 14.3 Å². The molecule has 1 aromatic rings. The predicted molar refractivity (Wildman–Crippen MR) is 56.2 cm³/mol. The number of carbonyl (C=O) groups is 1. The summed E-state index contributed by atoms with van der Waals surface area (Å²) in [5.41, 5.74) is 0.634. The lowest BCUT2D eigenvalue weighted by atomic mass is 10.3. The summed E-state index contributed by atoms with van der Waals surface area (Å²) in [5.74, 6) is -1.36. The van der Waals surface area contributed by atoms with Crippen LogP contribution < -0.4 is 4.90 Å². The third kappa shape index (κ3) is 3.42. The third-order valence-corrected chi connectivity index (χ3v) is 1.88. The number of carboxylic acids is 1. The van der Waals surface area contributed by atoms with E-state index in [4.69, 9.17) is 5.11 Å². The third-order valence-electron chi connectivity index (χ3n) is 1.88. The summed E-state index contributed by atoms with van der Waals surface area (Å²) in [6.07, 6.45) is 2.44. The van der Waals surface area contributed by atoms with Crippen LogP contribution in [0.2, 0.25) is 0 Å². The number of rotatable bonds is 4. The van der Waals surface area contributed by atoms with E-state index in [1.165, 1.54) is 18.3 Å². The van der Waals surface area contributed by atoms with Gasteiger partial charge in [-0.3, -0.25) is 0 Å². The number of hydrogen-bond donors (Lipinski definition) is 1. The molecular formula is C11H12FNO2. The van der Waals surface area contributed by atoms with Crippen LogP contribution in [-0.4, -0.2) is 17.6 Å². The fourth-order valence-electron chi connectivity index (χ4n) is 1.18. The molecule has 0 atom stereocenters. The van der Waals surface area contributed by atoms with Crippen LogP contribution in [0.4, 0.5) is 10.1 Å². The molecule has 0 unspecified atom stereocenters. The Balaban J connectivity index is 2.87. The van der Waals surface area contributed by atoms with E-state index in [0.29, 0.717) is 12.2 Å². The lowest BCUT2D eigenvalue weighted by Gasteiger charge is -2.17. The molecule has 1 rings (SSSR count). The highest BCUT2D eigenvalue weighted by Crippen LogP contribution is 2.15. The van der Waals surface area contributed by atoms with Gasteiger partial charge >= 0.3 is 5.97 Å². The molecule has 80 valence electrons. The van der Waals surface area contributed by atoms with Gasteiger partial charge in [0, 0.05) is 24.5 Å². The van der Waals surface area contributed by atoms with Gasteiger partial charge in [0.05, 0.1) is 0 Å². The first-order valence-electron chi connectivity index (χ1n) is 4.57. The van der Waals surface area contributed by atoms with E-state index in [2.05, 4.69) is 0 Å². The van der Waals surface area contributed by atoms with Gasteiger partial charge in [-0.1, -0.05) is 6.07 Å². The van der Waals surface area contributed by atoms with Crippen LogP contribution in [-0.2, 0) is 4.79 Å². The van der Waals surface area contributed by atoms with Crippen LogP contribution in [0.3, 0.4) is 0 Å². The largest absolute Gasteiger partial charge is 0.478 e. The molecule has 0 saturated heterocycles. The van der Waals surface area contributed by atoms with E-state index >= 15 is 0 Å². The maximum Gasteiger partial charge on any atom is 0.329 e. The molecule has 15 heavy (non-hydrogen) atoms. The van der Waals surface area contributed by atoms with Crippen LogP contribution in [0, 0.1) is 5.82 Å². The van der Waals surface area contributed by atoms with Crippen LogP contribution in [0.1, 0.15) is 6.92 Å². The quantitative estimate of drug-likeness (QED) is 0.773. The monoisotopic (exact) mass is 209 g/mol. The number of nitrogens with zero attached hydrogens (tertiary/aromatic N) is 1. The summed E-state index contributed by atoms with van der Waals surface area (Å²) in [4.78, 5) is 12.0. The van der Waals surface area contributed by atoms with Gasteiger partial charge in [-0.05, 0) is 25.1 Å². The Morgan fingerprint density at radius 2 is 2.33 bits per heavy atom. The molecule has 0 radical (unpaired) electrons. The second kappa shape index (κ2) is 5.14. The van der Waals surface area contributed by atoms with Crippen LogP contribution in [0.5, 0.6) is 0 Å². The van der Waals surface area contributed by atoms with Crippen molar-refractivity contribution in [3.05, 3.63) is 42.4 Å². The summed E-state index contributed by atoms with van der Waals surface area (Å²) >= 11 is 0. The molecule has 1 aromatic carbocycles. The van der Waals surface area contributed by atoms with Crippen LogP contribution in [0.25, 0.3) is 0 Å². The van der Waals surface area contributed by atoms with Gasteiger partial charge < -0.3 is 10.0 Å². The summed E-state index contributed by atoms with van der Waals surface area (Å²) < 4.78 is 12.9. The lowest BCUT2D eigenvalue weighted by Crippen LogP contribution is -2.15. The second-order valence-corrected chi connectivity index (χ2v) is 2.92. The summed E-state index contributed by atoms with van der Waals surface area (Å²) in [6.45, 7) is 2.43. The van der Waals surface area contributed by atoms with Gasteiger partial charge in [-0.15, -0.1) is 0 Å². The number of carboxylic acid groups (broad SMARTS) is 1. The highest BCUT2D eigenvalue weighted by Gasteiger charge is 2.01. The van der Waals surface area contributed by atoms with Gasteiger partial charge in [0.1, 0.15) is 5.82 Å². The topological polar surface area (TPSA) is 40.5 Å². The number of benzene rings is 1. The first kappa shape index (κ1) is 11.2. The molecular weight excluding hydrogens is 197 g/mol. The first-order chi connectivity index (χ1) is 7.13. The Bertz CT molecular complexity index is 377. The molecule has 0 aliphatic rings. The normalized spacial score (nSPS) is 10.5. The molecule has 0 amide bonds. The van der Waals surface area contributed by atoms with Crippen molar-refractivity contribution in [2.24, 2.45) is 0 Å². The molecule has 0 fully saturated rings. The van der Waals surface area contributed by atoms with E-state index in [-0.39, 0.29) is 5.82 Å². The van der Waals surface area contributed by atoms with Gasteiger partial charge in [-0.2, -0.15) is 0 Å². The lowest BCUT2D eigenvalue weighted by molar-refractivity contribution is -0.131. The van der Waals surface area contributed by atoms with E-state index in [0.717, 1.165) is 6.08 Å². The maximum absolute atomic E-state index is 12.9. The molecule has 0 aliphatic carbocycles. The minimum Gasteiger partial charge on any atom is -0.478 e. The first-order valence-corrected chi connectivity index (χ1v) is 4.57. The minimum absolute atomic E-state index is 0.338. The molecule has 0 aliphatic heterocycles. The smallest absolute Gasteiger partial charge is 0.329 e. The Labute approximate surface area is 87.4 Å². The van der Waals surface area contributed by atoms with E-state index < -0.39 is 5.97 Å². The van der Waals surface area contributed by atoms with E-state index in [1.807, 2.05) is 6.92 Å². The summed E-state index contributed by atoms with van der Waals surface area (Å²) in [5, 5.41) is 8.47. The summed E-state index contributed by atoms with van der Waals surface area (Å²) in [6, 6.07) is 6.01. The van der Waals surface area contributed by atoms with Gasteiger partial charge in [-0.25, -0.2) is 9.18 Å². The van der Waals surface area contributed by atoms with Gasteiger partial charge in [0.25, 0.3) is 0 Å². The number of aliphatic carboxylic acids is 1. The molecule has 0 saturated carbocycles. The fourth-order valence-corrected chi connectivity index (χ4v) is 1.18. The Kier molecular flexibility index (Phi) is 3.85. The highest BCUT2D eigenvalue weighted by atomic mass is 19.1. The number of anilines is 1. The van der Waals surface area contributed by atoms with Crippen molar-refractivity contribution in [1.82, 2.24) is 0 Å². The van der Waals surface area contributed by atoms with Crippen LogP contribution in [0.15, 0.2) is 36.5 Å². The minimum atomic E-state index is -1.02. The zero-order chi connectivity index (χ0) is 11.3. The van der Waals surface area contributed by atoms with Gasteiger partial charge in [0.2, 0.25) is 0 Å². The second-order valence-electron chi connectivity index (χ2n) is 2.92. The standard InChI is InChI=1S/C11H12FNO2/c1-2-13(7-6-11(14)15)10-5-3-4-9(12)8-10/h3-8H,2H2,1H3,(H,14,15). The van der Waals surface area contributed by atoms with E-state index in [1.54, 1.807) is 17.0 Å². The van der Waals surface area contributed by atoms with Crippen molar-refractivity contribution >= 4 is 11.7 Å². The molecule has 0 spiro atoms. The zero-order valence-corrected chi connectivity index (χ0v) is 8.35. The van der Waals surface area contributed by atoms with Crippen molar-refractivity contribution in [3.8, 4) is 0 Å². The van der Waals surface area contributed by atoms with Crippen molar-refractivity contribution in [2.45, 2.75) is 6.92 Å². The number of halogens is 1. The predicted octanol–water partition coefficient (Wildman–Crippen LogP) is 2.25. The Morgan fingerprint density at radius 3 is 2.87 bits per heavy atom. The summed E-state index contributed by atoms with van der Waals surface area (Å²) in [7, 11) is 0. The molecule has 1 N–H and O–H groups in total. The highest BCUT2D eigenvalue weighted by molar-refractivity contribution is 5.80. The SMILES string of the molecule is CCN(C=CC(=O)O)c1cccc(F)c1. The average molecular weight is 209 g/mol. The van der Waals surface area contributed by atoms with E-state index in [9.17, 15) is 9.18 Å². The molecule has 0 aromatic heterocycles. The number of hydrogen-bond acceptors (Lipinski definition) is 2.